The van der Waals surface area contributed by atoms with E-state index in [9.17, 15) is 0 Å². The molecular formula is C14H23N3O. The second-order valence-electron chi connectivity index (χ2n) is 4.76. The van der Waals surface area contributed by atoms with Gasteiger partial charge < -0.3 is 20.7 Å². The van der Waals surface area contributed by atoms with Gasteiger partial charge in [-0.1, -0.05) is 12.1 Å². The van der Waals surface area contributed by atoms with E-state index in [-0.39, 0.29) is 0 Å². The molecule has 1 unspecified atom stereocenters. The minimum atomic E-state index is 0.411. The Morgan fingerprint density at radius 3 is 2.50 bits per heavy atom. The van der Waals surface area contributed by atoms with Crippen molar-refractivity contribution < 1.29 is 4.74 Å². The Kier molecular flexibility index (Phi) is 4.99. The first kappa shape index (κ1) is 13.3. The fourth-order valence-corrected chi connectivity index (χ4v) is 2.40. The number of benzene rings is 1. The van der Waals surface area contributed by atoms with Gasteiger partial charge in [-0.2, -0.15) is 0 Å². The molecule has 0 aliphatic carbocycles. The Hall–Kier alpha value is -1.10. The van der Waals surface area contributed by atoms with Gasteiger partial charge in [0.15, 0.2) is 0 Å². The smallest absolute Gasteiger partial charge is 0.118 e. The van der Waals surface area contributed by atoms with E-state index in [0.29, 0.717) is 12.5 Å². The number of hydrogen-bond donors (Lipinski definition) is 2. The molecule has 1 aromatic rings. The summed E-state index contributed by atoms with van der Waals surface area (Å²) >= 11 is 0. The van der Waals surface area contributed by atoms with Crippen LogP contribution in [0.5, 0.6) is 5.75 Å². The molecule has 1 fully saturated rings. The molecule has 4 heteroatoms. The van der Waals surface area contributed by atoms with Gasteiger partial charge in [-0.15, -0.1) is 0 Å². The van der Waals surface area contributed by atoms with Crippen LogP contribution in [0.4, 0.5) is 0 Å². The number of rotatable bonds is 5. The quantitative estimate of drug-likeness (QED) is 0.804. The number of piperazine rings is 1. The van der Waals surface area contributed by atoms with Crippen molar-refractivity contribution in [2.45, 2.75) is 5.92 Å². The first-order chi connectivity index (χ1) is 8.83. The van der Waals surface area contributed by atoms with Crippen LogP contribution in [0.3, 0.4) is 0 Å². The maximum atomic E-state index is 5.92. The molecule has 1 aromatic carbocycles. The van der Waals surface area contributed by atoms with Gasteiger partial charge in [0.05, 0.1) is 7.11 Å². The van der Waals surface area contributed by atoms with E-state index in [2.05, 4.69) is 22.3 Å². The fourth-order valence-electron chi connectivity index (χ4n) is 2.40. The summed E-state index contributed by atoms with van der Waals surface area (Å²) in [6.45, 7) is 6.14. The zero-order valence-corrected chi connectivity index (χ0v) is 11.1. The molecule has 1 heterocycles. The van der Waals surface area contributed by atoms with E-state index in [0.717, 1.165) is 38.5 Å². The molecule has 0 saturated carbocycles. The van der Waals surface area contributed by atoms with Crippen LogP contribution in [0.1, 0.15) is 11.5 Å². The lowest BCUT2D eigenvalue weighted by Crippen LogP contribution is -2.45. The number of nitrogens with one attached hydrogen (secondary N) is 1. The van der Waals surface area contributed by atoms with Crippen LogP contribution in [0.25, 0.3) is 0 Å². The molecule has 1 atom stereocenters. The summed E-state index contributed by atoms with van der Waals surface area (Å²) in [6, 6.07) is 8.27. The van der Waals surface area contributed by atoms with Crippen molar-refractivity contribution >= 4 is 0 Å². The van der Waals surface area contributed by atoms with Gasteiger partial charge in [-0.25, -0.2) is 0 Å². The Bertz CT molecular complexity index is 347. The molecule has 3 N–H and O–H groups in total. The van der Waals surface area contributed by atoms with Gasteiger partial charge in [0, 0.05) is 45.2 Å². The largest absolute Gasteiger partial charge is 0.497 e. The van der Waals surface area contributed by atoms with Crippen LogP contribution in [-0.2, 0) is 0 Å². The zero-order valence-electron chi connectivity index (χ0n) is 11.1. The Morgan fingerprint density at radius 2 is 1.94 bits per heavy atom. The molecular weight excluding hydrogens is 226 g/mol. The molecule has 1 saturated heterocycles. The first-order valence-corrected chi connectivity index (χ1v) is 6.60. The molecule has 1 aliphatic heterocycles. The molecule has 100 valence electrons. The highest BCUT2D eigenvalue weighted by Gasteiger charge is 2.16. The minimum Gasteiger partial charge on any atom is -0.497 e. The molecule has 0 bridgehead atoms. The molecule has 0 aromatic heterocycles. The van der Waals surface area contributed by atoms with Crippen molar-refractivity contribution in [1.29, 1.82) is 0 Å². The number of nitrogens with zero attached hydrogens (tertiary/aromatic N) is 1. The molecule has 0 radical (unpaired) electrons. The van der Waals surface area contributed by atoms with E-state index in [4.69, 9.17) is 10.5 Å². The van der Waals surface area contributed by atoms with Crippen molar-refractivity contribution in [2.24, 2.45) is 5.73 Å². The van der Waals surface area contributed by atoms with E-state index >= 15 is 0 Å². The molecule has 0 spiro atoms. The molecule has 18 heavy (non-hydrogen) atoms. The molecule has 4 nitrogen and oxygen atoms in total. The number of hydrogen-bond acceptors (Lipinski definition) is 4. The highest BCUT2D eigenvalue weighted by atomic mass is 16.5. The summed E-state index contributed by atoms with van der Waals surface area (Å²) in [5, 5.41) is 3.37. The van der Waals surface area contributed by atoms with Gasteiger partial charge in [-0.3, -0.25) is 0 Å². The predicted molar refractivity (Wildman–Crippen MR) is 74.1 cm³/mol. The maximum Gasteiger partial charge on any atom is 0.118 e. The normalized spacial score (nSPS) is 18.6. The van der Waals surface area contributed by atoms with Crippen LogP contribution in [-0.4, -0.2) is 51.3 Å². The second kappa shape index (κ2) is 6.73. The minimum absolute atomic E-state index is 0.411. The Balaban J connectivity index is 1.97. The van der Waals surface area contributed by atoms with Crippen molar-refractivity contribution in [3.8, 4) is 5.75 Å². The summed E-state index contributed by atoms with van der Waals surface area (Å²) < 4.78 is 5.18. The monoisotopic (exact) mass is 249 g/mol. The summed E-state index contributed by atoms with van der Waals surface area (Å²) in [6.07, 6.45) is 0. The average molecular weight is 249 g/mol. The van der Waals surface area contributed by atoms with Crippen LogP contribution in [0.2, 0.25) is 0 Å². The van der Waals surface area contributed by atoms with Crippen molar-refractivity contribution in [3.05, 3.63) is 29.8 Å². The average Bonchev–Trinajstić information content (AvgIpc) is 2.46. The summed E-state index contributed by atoms with van der Waals surface area (Å²) in [5.74, 6) is 1.31. The van der Waals surface area contributed by atoms with Gasteiger partial charge in [0.25, 0.3) is 0 Å². The first-order valence-electron chi connectivity index (χ1n) is 6.60. The lowest BCUT2D eigenvalue weighted by Gasteiger charge is -2.30. The third kappa shape index (κ3) is 3.45. The van der Waals surface area contributed by atoms with Crippen LogP contribution >= 0.6 is 0 Å². The molecule has 0 amide bonds. The fraction of sp³-hybridized carbons (Fsp3) is 0.571. The van der Waals surface area contributed by atoms with Gasteiger partial charge >= 0.3 is 0 Å². The predicted octanol–water partition coefficient (Wildman–Crippen LogP) is 0.643. The summed E-state index contributed by atoms with van der Waals surface area (Å²) in [7, 11) is 1.69. The molecule has 2 rings (SSSR count). The van der Waals surface area contributed by atoms with Crippen molar-refractivity contribution in [3.63, 3.8) is 0 Å². The zero-order chi connectivity index (χ0) is 12.8. The number of nitrogens with two attached hydrogens (primary N) is 1. The lowest BCUT2D eigenvalue weighted by molar-refractivity contribution is 0.228. The molecule has 1 aliphatic rings. The van der Waals surface area contributed by atoms with E-state index in [1.165, 1.54) is 5.56 Å². The third-order valence-electron chi connectivity index (χ3n) is 3.56. The van der Waals surface area contributed by atoms with E-state index in [1.807, 2.05) is 12.1 Å². The van der Waals surface area contributed by atoms with Gasteiger partial charge in [-0.05, 0) is 17.7 Å². The lowest BCUT2D eigenvalue weighted by atomic mass is 9.98. The summed E-state index contributed by atoms with van der Waals surface area (Å²) in [5.41, 5.74) is 7.22. The van der Waals surface area contributed by atoms with Crippen LogP contribution in [0.15, 0.2) is 24.3 Å². The Morgan fingerprint density at radius 1 is 1.28 bits per heavy atom. The summed E-state index contributed by atoms with van der Waals surface area (Å²) in [4.78, 5) is 2.48. The van der Waals surface area contributed by atoms with Gasteiger partial charge in [0.1, 0.15) is 5.75 Å². The highest BCUT2D eigenvalue weighted by Crippen LogP contribution is 2.20. The highest BCUT2D eigenvalue weighted by molar-refractivity contribution is 5.29. The van der Waals surface area contributed by atoms with Crippen LogP contribution in [0, 0.1) is 0 Å². The van der Waals surface area contributed by atoms with Crippen LogP contribution < -0.4 is 15.8 Å². The van der Waals surface area contributed by atoms with E-state index < -0.39 is 0 Å². The topological polar surface area (TPSA) is 50.5 Å². The Labute approximate surface area is 109 Å². The number of ether oxygens (including phenoxy) is 1. The third-order valence-corrected chi connectivity index (χ3v) is 3.56. The van der Waals surface area contributed by atoms with E-state index in [1.54, 1.807) is 7.11 Å². The van der Waals surface area contributed by atoms with Gasteiger partial charge in [0.2, 0.25) is 0 Å². The van der Waals surface area contributed by atoms with Crippen molar-refractivity contribution in [1.82, 2.24) is 10.2 Å². The SMILES string of the molecule is COc1ccc(C(CN)CN2CCNCC2)cc1. The van der Waals surface area contributed by atoms with Crippen molar-refractivity contribution in [2.75, 3.05) is 46.4 Å². The standard InChI is InChI=1S/C14H23N3O/c1-18-14-4-2-12(3-5-14)13(10-15)11-17-8-6-16-7-9-17/h2-5,13,16H,6-11,15H2,1H3. The number of methoxy groups -OCH3 is 1. The maximum absolute atomic E-state index is 5.92. The second-order valence-corrected chi connectivity index (χ2v) is 4.76.